The van der Waals surface area contributed by atoms with E-state index in [-0.39, 0.29) is 23.3 Å². The zero-order valence-corrected chi connectivity index (χ0v) is 18.3. The van der Waals surface area contributed by atoms with Crippen molar-refractivity contribution in [3.05, 3.63) is 24.3 Å². The monoisotopic (exact) mass is 412 g/mol. The van der Waals surface area contributed by atoms with E-state index in [2.05, 4.69) is 43.2 Å². The van der Waals surface area contributed by atoms with E-state index in [9.17, 15) is 18.0 Å². The number of anilines is 1. The number of nitrogens with one attached hydrogen (secondary N) is 2. The van der Waals surface area contributed by atoms with Crippen LogP contribution in [0.3, 0.4) is 0 Å². The molecule has 0 aromatic heterocycles. The summed E-state index contributed by atoms with van der Waals surface area (Å²) >= 11 is 0. The van der Waals surface area contributed by atoms with Crippen LogP contribution in [0, 0.1) is 0 Å². The number of benzene rings is 1. The molecule has 1 aromatic carbocycles. The molecule has 1 rings (SSSR count). The molecule has 8 nitrogen and oxygen atoms in total. The number of sulfonamides is 1. The van der Waals surface area contributed by atoms with Crippen LogP contribution in [0.15, 0.2) is 29.2 Å². The van der Waals surface area contributed by atoms with Crippen molar-refractivity contribution in [2.24, 2.45) is 0 Å². The summed E-state index contributed by atoms with van der Waals surface area (Å²) < 4.78 is 26.2. The summed E-state index contributed by atoms with van der Waals surface area (Å²) in [5.74, 6) is -0.591. The molecule has 9 heteroatoms. The Morgan fingerprint density at radius 1 is 1.04 bits per heavy atom. The highest BCUT2D eigenvalue weighted by molar-refractivity contribution is 7.89. The molecule has 0 aliphatic rings. The number of carbonyl (C=O) groups excluding carboxylic acids is 2. The van der Waals surface area contributed by atoms with E-state index >= 15 is 0 Å². The molecular weight excluding hydrogens is 380 g/mol. The normalized spacial score (nSPS) is 12.1. The Balaban J connectivity index is 2.63. The summed E-state index contributed by atoms with van der Waals surface area (Å²) in [7, 11) is -2.43. The predicted molar refractivity (Wildman–Crippen MR) is 111 cm³/mol. The zero-order valence-electron chi connectivity index (χ0n) is 17.5. The van der Waals surface area contributed by atoms with Crippen LogP contribution in [0.25, 0.3) is 0 Å². The minimum Gasteiger partial charge on any atom is -0.354 e. The minimum atomic E-state index is -3.80. The van der Waals surface area contributed by atoms with Gasteiger partial charge in [0.1, 0.15) is 0 Å². The molecule has 1 aromatic rings. The Labute approximate surface area is 168 Å². The van der Waals surface area contributed by atoms with Gasteiger partial charge in [0.05, 0.1) is 11.4 Å². The molecule has 158 valence electrons. The summed E-state index contributed by atoms with van der Waals surface area (Å²) in [6.45, 7) is 10.6. The molecule has 0 atom stereocenters. The zero-order chi connectivity index (χ0) is 21.5. The molecule has 0 aliphatic heterocycles. The average Bonchev–Trinajstić information content (AvgIpc) is 2.57. The Morgan fingerprint density at radius 2 is 1.57 bits per heavy atom. The summed E-state index contributed by atoms with van der Waals surface area (Å²) in [6.07, 6.45) is 0. The molecule has 0 spiro atoms. The van der Waals surface area contributed by atoms with Crippen molar-refractivity contribution in [3.8, 4) is 0 Å². The fourth-order valence-corrected chi connectivity index (χ4v) is 4.00. The van der Waals surface area contributed by atoms with Crippen molar-refractivity contribution >= 4 is 27.5 Å². The van der Waals surface area contributed by atoms with Crippen molar-refractivity contribution in [1.82, 2.24) is 14.5 Å². The summed E-state index contributed by atoms with van der Waals surface area (Å²) in [4.78, 5) is 25.5. The number of amides is 2. The molecule has 0 saturated carbocycles. The lowest BCUT2D eigenvalue weighted by atomic mass is 10.2. The average molecular weight is 413 g/mol. The van der Waals surface area contributed by atoms with Gasteiger partial charge in [0.15, 0.2) is 0 Å². The fraction of sp³-hybridized carbons (Fsp3) is 0.579. The molecular formula is C19H32N4O4S. The second kappa shape index (κ2) is 10.5. The maximum atomic E-state index is 12.6. The molecule has 2 amide bonds. The third kappa shape index (κ3) is 7.21. The van der Waals surface area contributed by atoms with Gasteiger partial charge in [-0.1, -0.05) is 0 Å². The van der Waals surface area contributed by atoms with Gasteiger partial charge in [0.2, 0.25) is 21.8 Å². The molecule has 2 N–H and O–H groups in total. The largest absolute Gasteiger partial charge is 0.354 e. The van der Waals surface area contributed by atoms with Gasteiger partial charge in [-0.15, -0.1) is 0 Å². The van der Waals surface area contributed by atoms with Crippen molar-refractivity contribution in [2.45, 2.75) is 51.6 Å². The first-order valence-electron chi connectivity index (χ1n) is 9.31. The minimum absolute atomic E-state index is 0.0580. The van der Waals surface area contributed by atoms with E-state index in [1.807, 2.05) is 0 Å². The van der Waals surface area contributed by atoms with Crippen molar-refractivity contribution < 1.29 is 18.0 Å². The lowest BCUT2D eigenvalue weighted by Crippen LogP contribution is -2.44. The first-order valence-corrected chi connectivity index (χ1v) is 10.8. The first kappa shape index (κ1) is 24.1. The molecule has 0 fully saturated rings. The van der Waals surface area contributed by atoms with E-state index in [0.29, 0.717) is 30.9 Å². The molecule has 0 bridgehead atoms. The second-order valence-corrected chi connectivity index (χ2v) is 9.29. The quantitative estimate of drug-likeness (QED) is 0.607. The van der Waals surface area contributed by atoms with Crippen LogP contribution in [-0.2, 0) is 19.6 Å². The Kier molecular flexibility index (Phi) is 9.06. The van der Waals surface area contributed by atoms with E-state index in [1.54, 1.807) is 0 Å². The predicted octanol–water partition coefficient (Wildman–Crippen LogP) is 1.50. The Bertz CT molecular complexity index is 753. The van der Waals surface area contributed by atoms with Crippen LogP contribution in [0.4, 0.5) is 5.69 Å². The van der Waals surface area contributed by atoms with Gasteiger partial charge in [0.25, 0.3) is 0 Å². The van der Waals surface area contributed by atoms with E-state index in [4.69, 9.17) is 0 Å². The number of hydrogen-bond acceptors (Lipinski definition) is 5. The fourth-order valence-electron chi connectivity index (χ4n) is 2.87. The van der Waals surface area contributed by atoms with Crippen LogP contribution in [0.2, 0.25) is 0 Å². The highest BCUT2D eigenvalue weighted by Gasteiger charge is 2.23. The van der Waals surface area contributed by atoms with Gasteiger partial charge in [-0.05, 0) is 52.0 Å². The Hall–Kier alpha value is -1.97. The van der Waals surface area contributed by atoms with Gasteiger partial charge in [-0.3, -0.25) is 14.5 Å². The summed E-state index contributed by atoms with van der Waals surface area (Å²) in [6, 6.07) is 6.54. The topological polar surface area (TPSA) is 98.8 Å². The van der Waals surface area contributed by atoms with Gasteiger partial charge in [0, 0.05) is 44.8 Å². The number of carbonyl (C=O) groups is 2. The van der Waals surface area contributed by atoms with Gasteiger partial charge >= 0.3 is 0 Å². The van der Waals surface area contributed by atoms with Gasteiger partial charge in [-0.25, -0.2) is 8.42 Å². The highest BCUT2D eigenvalue weighted by atomic mass is 32.2. The second-order valence-electron chi connectivity index (χ2n) is 7.24. The standard InChI is InChI=1S/C19H32N4O4S/c1-14(2)23(15(3)4)12-11-20-19(25)13-22(6)28(26,27)18-9-7-17(8-10-18)21-16(5)24/h7-10,14-15H,11-13H2,1-6H3,(H,20,25)(H,21,24). The number of likely N-dealkylation sites (N-methyl/N-ethyl adjacent to an activating group) is 1. The lowest BCUT2D eigenvalue weighted by molar-refractivity contribution is -0.121. The highest BCUT2D eigenvalue weighted by Crippen LogP contribution is 2.17. The van der Waals surface area contributed by atoms with Gasteiger partial charge < -0.3 is 10.6 Å². The third-order valence-electron chi connectivity index (χ3n) is 4.27. The summed E-state index contributed by atoms with van der Waals surface area (Å²) in [5.41, 5.74) is 0.506. The van der Waals surface area contributed by atoms with Crippen molar-refractivity contribution in [2.75, 3.05) is 32.0 Å². The van der Waals surface area contributed by atoms with Crippen molar-refractivity contribution in [1.29, 1.82) is 0 Å². The van der Waals surface area contributed by atoms with Crippen LogP contribution in [-0.4, -0.2) is 68.2 Å². The summed E-state index contributed by atoms with van der Waals surface area (Å²) in [5, 5.41) is 5.35. The van der Waals surface area contributed by atoms with Crippen LogP contribution >= 0.6 is 0 Å². The molecule has 0 heterocycles. The molecule has 0 unspecified atom stereocenters. The SMILES string of the molecule is CC(=O)Nc1ccc(S(=O)(=O)N(C)CC(=O)NCCN(C(C)C)C(C)C)cc1. The number of hydrogen-bond donors (Lipinski definition) is 2. The molecule has 0 radical (unpaired) electrons. The molecule has 0 aliphatic carbocycles. The van der Waals surface area contributed by atoms with Crippen LogP contribution in [0.5, 0.6) is 0 Å². The van der Waals surface area contributed by atoms with Crippen molar-refractivity contribution in [3.63, 3.8) is 0 Å². The third-order valence-corrected chi connectivity index (χ3v) is 6.09. The van der Waals surface area contributed by atoms with Gasteiger partial charge in [-0.2, -0.15) is 4.31 Å². The van der Waals surface area contributed by atoms with Crippen LogP contribution in [0.1, 0.15) is 34.6 Å². The maximum Gasteiger partial charge on any atom is 0.243 e. The van der Waals surface area contributed by atoms with E-state index in [0.717, 1.165) is 4.31 Å². The van der Waals surface area contributed by atoms with E-state index in [1.165, 1.54) is 38.2 Å². The lowest BCUT2D eigenvalue weighted by Gasteiger charge is -2.30. The smallest absolute Gasteiger partial charge is 0.243 e. The Morgan fingerprint density at radius 3 is 2.04 bits per heavy atom. The maximum absolute atomic E-state index is 12.6. The number of nitrogens with zero attached hydrogens (tertiary/aromatic N) is 2. The number of rotatable bonds is 10. The molecule has 0 saturated heterocycles. The first-order chi connectivity index (χ1) is 12.9. The van der Waals surface area contributed by atoms with E-state index < -0.39 is 10.0 Å². The van der Waals surface area contributed by atoms with Crippen LogP contribution < -0.4 is 10.6 Å². The molecule has 28 heavy (non-hydrogen) atoms.